The van der Waals surface area contributed by atoms with Gasteiger partial charge in [-0.2, -0.15) is 0 Å². The molecule has 0 aliphatic rings. The first-order chi connectivity index (χ1) is 16.0. The Morgan fingerprint density at radius 3 is 1.43 bits per heavy atom. The van der Waals surface area contributed by atoms with Crippen LogP contribution in [0, 0.1) is 13.8 Å². The van der Waals surface area contributed by atoms with Crippen molar-refractivity contribution in [2.45, 2.75) is 90.5 Å². The van der Waals surface area contributed by atoms with E-state index < -0.39 is 16.0 Å². The summed E-state index contributed by atoms with van der Waals surface area (Å²) in [6, 6.07) is 25.5. The molecule has 3 aromatic carbocycles. The fourth-order valence-corrected chi connectivity index (χ4v) is 12.2. The maximum Gasteiger partial charge on any atom is 0.0776 e. The second kappa shape index (κ2) is 9.89. The number of aryl methyl sites for hydroxylation is 2. The van der Waals surface area contributed by atoms with Crippen LogP contribution >= 0.6 is 17.2 Å². The second-order valence-electron chi connectivity index (χ2n) is 13.1. The molecule has 0 spiro atoms. The Morgan fingerprint density at radius 2 is 1.06 bits per heavy atom. The van der Waals surface area contributed by atoms with E-state index in [2.05, 4.69) is 151 Å². The molecule has 0 heterocycles. The van der Waals surface area contributed by atoms with Crippen LogP contribution in [-0.4, -0.2) is 18.4 Å². The SMILES string of the molecule is Cc1ccccc1C(P)(c1ccccc1C)c1ccc([Si](C)(C)C)cc1P(C(C)(C)C)C(C)(C)C. The van der Waals surface area contributed by atoms with Crippen molar-refractivity contribution in [3.05, 3.63) is 94.5 Å². The standard InChI is InChI=1S/C32H46P2Si/c1-23-16-12-14-18-26(23)32(33,27-19-15-13-17-24(27)2)28-21-20-25(35(9,10)11)22-29(28)34(30(3,4)5)31(6,7)8/h12-22H,33H2,1-11H3. The zero-order valence-electron chi connectivity index (χ0n) is 23.9. The van der Waals surface area contributed by atoms with Crippen LogP contribution in [-0.2, 0) is 5.16 Å². The van der Waals surface area contributed by atoms with Crippen LogP contribution in [0.1, 0.15) is 69.4 Å². The third-order valence-corrected chi connectivity index (χ3v) is 13.5. The van der Waals surface area contributed by atoms with E-state index in [1.165, 1.54) is 27.8 Å². The minimum absolute atomic E-state index is 0.184. The largest absolute Gasteiger partial charge is 0.117 e. The smallest absolute Gasteiger partial charge is 0.0776 e. The van der Waals surface area contributed by atoms with Gasteiger partial charge in [0.05, 0.1) is 13.2 Å². The average molecular weight is 521 g/mol. The van der Waals surface area contributed by atoms with Crippen molar-refractivity contribution in [3.8, 4) is 0 Å². The Hall–Kier alpha value is -1.26. The summed E-state index contributed by atoms with van der Waals surface area (Å²) < 4.78 is 0. The van der Waals surface area contributed by atoms with Crippen molar-refractivity contribution in [1.29, 1.82) is 0 Å². The Balaban J connectivity index is 2.54. The molecule has 0 fully saturated rings. The molecule has 0 aromatic heterocycles. The molecule has 1 unspecified atom stereocenters. The molecule has 35 heavy (non-hydrogen) atoms. The predicted octanol–water partition coefficient (Wildman–Crippen LogP) is 8.72. The van der Waals surface area contributed by atoms with E-state index in [1.54, 1.807) is 10.5 Å². The molecule has 0 bridgehead atoms. The van der Waals surface area contributed by atoms with Crippen molar-refractivity contribution in [1.82, 2.24) is 0 Å². The van der Waals surface area contributed by atoms with Crippen LogP contribution < -0.4 is 10.5 Å². The van der Waals surface area contributed by atoms with Crippen molar-refractivity contribution < 1.29 is 0 Å². The normalized spacial score (nSPS) is 13.4. The van der Waals surface area contributed by atoms with Crippen LogP contribution in [0.2, 0.25) is 19.6 Å². The van der Waals surface area contributed by atoms with Gasteiger partial charge in [0.25, 0.3) is 0 Å². The first-order valence-corrected chi connectivity index (χ1v) is 18.3. The molecule has 0 saturated heterocycles. The van der Waals surface area contributed by atoms with E-state index in [4.69, 9.17) is 0 Å². The first-order valence-electron chi connectivity index (χ1n) is 12.9. The van der Waals surface area contributed by atoms with Gasteiger partial charge in [-0.25, -0.2) is 0 Å². The molecule has 0 amide bonds. The highest BCUT2D eigenvalue weighted by molar-refractivity contribution is 7.68. The number of hydrogen-bond acceptors (Lipinski definition) is 0. The van der Waals surface area contributed by atoms with Crippen molar-refractivity contribution in [2.75, 3.05) is 0 Å². The zero-order valence-corrected chi connectivity index (χ0v) is 26.9. The van der Waals surface area contributed by atoms with Crippen LogP contribution in [0.4, 0.5) is 0 Å². The average Bonchev–Trinajstić information content (AvgIpc) is 2.71. The molecule has 0 aliphatic heterocycles. The lowest BCUT2D eigenvalue weighted by atomic mass is 9.80. The Bertz CT molecular complexity index is 1130. The summed E-state index contributed by atoms with van der Waals surface area (Å²) in [4.78, 5) is 0. The third-order valence-electron chi connectivity index (χ3n) is 7.01. The maximum atomic E-state index is 3.36. The molecule has 0 N–H and O–H groups in total. The van der Waals surface area contributed by atoms with Gasteiger partial charge in [0.2, 0.25) is 0 Å². The summed E-state index contributed by atoms with van der Waals surface area (Å²) in [6.45, 7) is 26.6. The fraction of sp³-hybridized carbons (Fsp3) is 0.438. The monoisotopic (exact) mass is 520 g/mol. The maximum absolute atomic E-state index is 3.36. The highest BCUT2D eigenvalue weighted by Gasteiger charge is 2.43. The molecule has 1 atom stereocenters. The van der Waals surface area contributed by atoms with Gasteiger partial charge in [0.15, 0.2) is 0 Å². The first kappa shape index (κ1) is 28.3. The molecule has 0 nitrogen and oxygen atoms in total. The lowest BCUT2D eigenvalue weighted by Gasteiger charge is -2.46. The summed E-state index contributed by atoms with van der Waals surface area (Å²) in [5.41, 5.74) is 6.87. The number of hydrogen-bond donors (Lipinski definition) is 0. The van der Waals surface area contributed by atoms with E-state index in [1.807, 2.05) is 0 Å². The molecule has 3 heteroatoms. The topological polar surface area (TPSA) is 0 Å². The molecule has 3 aromatic rings. The lowest BCUT2D eigenvalue weighted by Crippen LogP contribution is -2.43. The molecule has 188 valence electrons. The fourth-order valence-electron chi connectivity index (χ4n) is 5.71. The van der Waals surface area contributed by atoms with Gasteiger partial charge >= 0.3 is 0 Å². The molecular formula is C32H46P2Si. The van der Waals surface area contributed by atoms with Crippen LogP contribution in [0.3, 0.4) is 0 Å². The third kappa shape index (κ3) is 5.69. The predicted molar refractivity (Wildman–Crippen MR) is 167 cm³/mol. The molecule has 0 radical (unpaired) electrons. The Labute approximate surface area is 220 Å². The quantitative estimate of drug-likeness (QED) is 0.179. The summed E-state index contributed by atoms with van der Waals surface area (Å²) in [6.07, 6.45) is 0. The highest BCUT2D eigenvalue weighted by atomic mass is 31.1. The summed E-state index contributed by atoms with van der Waals surface area (Å²) in [7, 11) is 1.39. The van der Waals surface area contributed by atoms with Gasteiger partial charge in [-0.1, -0.05) is 141 Å². The van der Waals surface area contributed by atoms with Crippen molar-refractivity contribution >= 4 is 35.7 Å². The zero-order chi connectivity index (χ0) is 26.4. The molecule has 0 aliphatic carbocycles. The Morgan fingerprint density at radius 1 is 0.629 bits per heavy atom. The van der Waals surface area contributed by atoms with Gasteiger partial charge < -0.3 is 0 Å². The molecular weight excluding hydrogens is 474 g/mol. The van der Waals surface area contributed by atoms with Crippen LogP contribution in [0.5, 0.6) is 0 Å². The van der Waals surface area contributed by atoms with Gasteiger partial charge in [0.1, 0.15) is 0 Å². The van der Waals surface area contributed by atoms with Gasteiger partial charge in [-0.05, 0) is 57.3 Å². The van der Waals surface area contributed by atoms with E-state index in [0.29, 0.717) is 0 Å². The van der Waals surface area contributed by atoms with Crippen LogP contribution in [0.25, 0.3) is 0 Å². The van der Waals surface area contributed by atoms with Gasteiger partial charge in [-0.15, -0.1) is 9.24 Å². The second-order valence-corrected chi connectivity index (χ2v) is 22.9. The van der Waals surface area contributed by atoms with E-state index in [0.717, 1.165) is 0 Å². The minimum Gasteiger partial charge on any atom is -0.117 e. The van der Waals surface area contributed by atoms with Gasteiger partial charge in [-0.3, -0.25) is 0 Å². The van der Waals surface area contributed by atoms with Gasteiger partial charge in [0, 0.05) is 0 Å². The summed E-state index contributed by atoms with van der Waals surface area (Å²) in [5.74, 6) is 0. The number of rotatable bonds is 5. The lowest BCUT2D eigenvalue weighted by molar-refractivity contribution is 0.713. The summed E-state index contributed by atoms with van der Waals surface area (Å²) >= 11 is 0. The van der Waals surface area contributed by atoms with Crippen molar-refractivity contribution in [3.63, 3.8) is 0 Å². The molecule has 0 saturated carbocycles. The minimum atomic E-state index is -1.49. The van der Waals surface area contributed by atoms with E-state index in [-0.39, 0.29) is 15.5 Å². The summed E-state index contributed by atoms with van der Waals surface area (Å²) in [5, 5.41) is 3.18. The Kier molecular flexibility index (Phi) is 8.00. The molecule has 3 rings (SSSR count). The van der Waals surface area contributed by atoms with Crippen molar-refractivity contribution in [2.24, 2.45) is 0 Å². The number of benzene rings is 3. The van der Waals surface area contributed by atoms with E-state index >= 15 is 0 Å². The van der Waals surface area contributed by atoms with Crippen LogP contribution in [0.15, 0.2) is 66.7 Å². The van der Waals surface area contributed by atoms with E-state index in [9.17, 15) is 0 Å². The highest BCUT2D eigenvalue weighted by Crippen LogP contribution is 2.60.